The largest absolute Gasteiger partial charge is 0.497 e. The van der Waals surface area contributed by atoms with Gasteiger partial charge < -0.3 is 15.2 Å². The second-order valence-corrected chi connectivity index (χ2v) is 4.61. The van der Waals surface area contributed by atoms with Crippen molar-refractivity contribution in [1.82, 2.24) is 9.78 Å². The summed E-state index contributed by atoms with van der Waals surface area (Å²) in [5.74, 6) is 2.00. The minimum absolute atomic E-state index is 0.577. The van der Waals surface area contributed by atoms with Crippen LogP contribution in [0, 0.1) is 0 Å². The molecule has 5 nitrogen and oxygen atoms in total. The van der Waals surface area contributed by atoms with Gasteiger partial charge in [0, 0.05) is 18.2 Å². The van der Waals surface area contributed by atoms with Gasteiger partial charge in [-0.25, -0.2) is 0 Å². The zero-order valence-electron chi connectivity index (χ0n) is 10.4. The number of rotatable bonds is 3. The summed E-state index contributed by atoms with van der Waals surface area (Å²) in [5.41, 5.74) is 7.64. The van der Waals surface area contributed by atoms with Crippen LogP contribution < -0.4 is 15.2 Å². The number of hydrogen-bond acceptors (Lipinski definition) is 4. The lowest BCUT2D eigenvalue weighted by Crippen LogP contribution is -1.99. The monoisotopic (exact) mass is 311 g/mol. The maximum atomic E-state index is 5.99. The molecule has 1 aromatic carbocycles. The van der Waals surface area contributed by atoms with Gasteiger partial charge in [-0.05, 0) is 28.1 Å². The number of aryl methyl sites for hydroxylation is 1. The van der Waals surface area contributed by atoms with Gasteiger partial charge in [-0.1, -0.05) is 0 Å². The zero-order valence-corrected chi connectivity index (χ0v) is 12.0. The highest BCUT2D eigenvalue weighted by Gasteiger charge is 2.16. The standard InChI is InChI=1S/C12H14BrN3O2/c1-16-12(14)9(6-15-16)8-4-7(17-2)5-10(13)11(8)18-3/h4-6H,14H2,1-3H3. The Kier molecular flexibility index (Phi) is 3.47. The molecule has 0 aliphatic heterocycles. The average molecular weight is 312 g/mol. The first kappa shape index (κ1) is 12.8. The number of nitrogens with two attached hydrogens (primary N) is 1. The Morgan fingerprint density at radius 2 is 1.94 bits per heavy atom. The Balaban J connectivity index is 2.68. The summed E-state index contributed by atoms with van der Waals surface area (Å²) in [5, 5.41) is 4.13. The second kappa shape index (κ2) is 4.89. The summed E-state index contributed by atoms with van der Waals surface area (Å²) in [4.78, 5) is 0. The van der Waals surface area contributed by atoms with Crippen molar-refractivity contribution < 1.29 is 9.47 Å². The van der Waals surface area contributed by atoms with E-state index in [9.17, 15) is 0 Å². The Hall–Kier alpha value is -1.69. The second-order valence-electron chi connectivity index (χ2n) is 3.76. The molecule has 0 amide bonds. The third kappa shape index (κ3) is 2.03. The van der Waals surface area contributed by atoms with Crippen molar-refractivity contribution >= 4 is 21.7 Å². The summed E-state index contributed by atoms with van der Waals surface area (Å²) >= 11 is 3.45. The molecule has 0 radical (unpaired) electrons. The molecule has 96 valence electrons. The molecular weight excluding hydrogens is 298 g/mol. The van der Waals surface area contributed by atoms with Crippen molar-refractivity contribution in [1.29, 1.82) is 0 Å². The molecular formula is C12H14BrN3O2. The maximum absolute atomic E-state index is 5.99. The van der Waals surface area contributed by atoms with Crippen LogP contribution in [0.3, 0.4) is 0 Å². The van der Waals surface area contributed by atoms with E-state index in [1.165, 1.54) is 0 Å². The smallest absolute Gasteiger partial charge is 0.141 e. The van der Waals surface area contributed by atoms with Gasteiger partial charge in [0.2, 0.25) is 0 Å². The first-order chi connectivity index (χ1) is 8.58. The third-order valence-electron chi connectivity index (χ3n) is 2.73. The molecule has 2 rings (SSSR count). The highest BCUT2D eigenvalue weighted by Crippen LogP contribution is 2.41. The molecule has 0 aliphatic rings. The van der Waals surface area contributed by atoms with Crippen LogP contribution in [-0.2, 0) is 7.05 Å². The quantitative estimate of drug-likeness (QED) is 0.945. The Morgan fingerprint density at radius 1 is 1.22 bits per heavy atom. The van der Waals surface area contributed by atoms with Gasteiger partial charge in [0.05, 0.1) is 24.9 Å². The Morgan fingerprint density at radius 3 is 2.44 bits per heavy atom. The number of halogens is 1. The maximum Gasteiger partial charge on any atom is 0.141 e. The molecule has 1 aromatic heterocycles. The predicted octanol–water partition coefficient (Wildman–Crippen LogP) is 2.45. The van der Waals surface area contributed by atoms with Crippen molar-refractivity contribution in [3.8, 4) is 22.6 Å². The fourth-order valence-electron chi connectivity index (χ4n) is 1.75. The molecule has 0 saturated carbocycles. The molecule has 0 bridgehead atoms. The molecule has 18 heavy (non-hydrogen) atoms. The lowest BCUT2D eigenvalue weighted by atomic mass is 10.1. The minimum atomic E-state index is 0.577. The molecule has 1 heterocycles. The van der Waals surface area contributed by atoms with Gasteiger partial charge >= 0.3 is 0 Å². The van der Waals surface area contributed by atoms with E-state index in [0.717, 1.165) is 21.3 Å². The first-order valence-electron chi connectivity index (χ1n) is 5.27. The van der Waals surface area contributed by atoms with E-state index in [-0.39, 0.29) is 0 Å². The lowest BCUT2D eigenvalue weighted by Gasteiger charge is -2.12. The van der Waals surface area contributed by atoms with Crippen LogP contribution in [0.2, 0.25) is 0 Å². The molecule has 2 N–H and O–H groups in total. The summed E-state index contributed by atoms with van der Waals surface area (Å²) in [7, 11) is 5.02. The van der Waals surface area contributed by atoms with E-state index in [4.69, 9.17) is 15.2 Å². The van der Waals surface area contributed by atoms with Crippen LogP contribution in [0.1, 0.15) is 0 Å². The van der Waals surface area contributed by atoms with Crippen LogP contribution in [0.15, 0.2) is 22.8 Å². The topological polar surface area (TPSA) is 62.3 Å². The molecule has 2 aromatic rings. The molecule has 0 aliphatic carbocycles. The normalized spacial score (nSPS) is 10.4. The van der Waals surface area contributed by atoms with Gasteiger partial charge in [-0.3, -0.25) is 4.68 Å². The predicted molar refractivity (Wildman–Crippen MR) is 73.9 cm³/mol. The van der Waals surface area contributed by atoms with Gasteiger partial charge in [-0.15, -0.1) is 0 Å². The van der Waals surface area contributed by atoms with E-state index in [2.05, 4.69) is 21.0 Å². The number of nitrogens with zero attached hydrogens (tertiary/aromatic N) is 2. The molecule has 0 atom stereocenters. The lowest BCUT2D eigenvalue weighted by molar-refractivity contribution is 0.402. The summed E-state index contributed by atoms with van der Waals surface area (Å²) in [6.07, 6.45) is 1.71. The van der Waals surface area contributed by atoms with Crippen LogP contribution in [0.25, 0.3) is 11.1 Å². The number of anilines is 1. The fourth-order valence-corrected chi connectivity index (χ4v) is 2.35. The van der Waals surface area contributed by atoms with Crippen molar-refractivity contribution in [2.24, 2.45) is 7.05 Å². The number of ether oxygens (including phenoxy) is 2. The number of nitrogen functional groups attached to an aromatic ring is 1. The first-order valence-corrected chi connectivity index (χ1v) is 6.07. The average Bonchev–Trinajstić information content (AvgIpc) is 2.69. The number of methoxy groups -OCH3 is 2. The van der Waals surface area contributed by atoms with E-state index in [1.54, 1.807) is 32.1 Å². The van der Waals surface area contributed by atoms with E-state index in [1.807, 2.05) is 12.1 Å². The van der Waals surface area contributed by atoms with Crippen molar-refractivity contribution in [2.75, 3.05) is 20.0 Å². The van der Waals surface area contributed by atoms with Gasteiger partial charge in [-0.2, -0.15) is 5.10 Å². The van der Waals surface area contributed by atoms with Crippen LogP contribution in [-0.4, -0.2) is 24.0 Å². The highest BCUT2D eigenvalue weighted by molar-refractivity contribution is 9.10. The van der Waals surface area contributed by atoms with E-state index in [0.29, 0.717) is 11.6 Å². The third-order valence-corrected chi connectivity index (χ3v) is 3.32. The van der Waals surface area contributed by atoms with Crippen LogP contribution in [0.4, 0.5) is 5.82 Å². The van der Waals surface area contributed by atoms with Crippen molar-refractivity contribution in [3.05, 3.63) is 22.8 Å². The number of aromatic nitrogens is 2. The minimum Gasteiger partial charge on any atom is -0.497 e. The van der Waals surface area contributed by atoms with E-state index >= 15 is 0 Å². The number of benzene rings is 1. The van der Waals surface area contributed by atoms with Gasteiger partial charge in [0.1, 0.15) is 17.3 Å². The number of hydrogen-bond donors (Lipinski definition) is 1. The molecule has 6 heteroatoms. The van der Waals surface area contributed by atoms with Crippen LogP contribution >= 0.6 is 15.9 Å². The van der Waals surface area contributed by atoms with Gasteiger partial charge in [0.15, 0.2) is 0 Å². The summed E-state index contributed by atoms with van der Waals surface area (Å²) in [6.45, 7) is 0. The summed E-state index contributed by atoms with van der Waals surface area (Å²) < 4.78 is 13.1. The molecule has 0 fully saturated rings. The molecule has 0 spiro atoms. The molecule has 0 unspecified atom stereocenters. The van der Waals surface area contributed by atoms with Gasteiger partial charge in [0.25, 0.3) is 0 Å². The Labute approximate surface area is 114 Å². The highest BCUT2D eigenvalue weighted by atomic mass is 79.9. The van der Waals surface area contributed by atoms with E-state index < -0.39 is 0 Å². The SMILES string of the molecule is COc1cc(Br)c(OC)c(-c2cnn(C)c2N)c1. The molecule has 0 saturated heterocycles. The fraction of sp³-hybridized carbons (Fsp3) is 0.250. The zero-order chi connectivity index (χ0) is 13.3. The van der Waals surface area contributed by atoms with Crippen LogP contribution in [0.5, 0.6) is 11.5 Å². The summed E-state index contributed by atoms with van der Waals surface area (Å²) in [6, 6.07) is 3.71. The van der Waals surface area contributed by atoms with Crippen molar-refractivity contribution in [3.63, 3.8) is 0 Å². The van der Waals surface area contributed by atoms with Crippen molar-refractivity contribution in [2.45, 2.75) is 0 Å². The Bertz CT molecular complexity index is 581.